The van der Waals surface area contributed by atoms with Gasteiger partial charge in [-0.15, -0.1) is 0 Å². The summed E-state index contributed by atoms with van der Waals surface area (Å²) in [7, 11) is -4.20. The topological polar surface area (TPSA) is 63.6 Å². The van der Waals surface area contributed by atoms with Gasteiger partial charge in [-0.25, -0.2) is 4.18 Å². The molecular formula is C5H13KO4S. The van der Waals surface area contributed by atoms with Crippen molar-refractivity contribution in [3.05, 3.63) is 0 Å². The van der Waals surface area contributed by atoms with E-state index in [0.29, 0.717) is 6.42 Å². The van der Waals surface area contributed by atoms with Gasteiger partial charge in [-0.3, -0.25) is 4.55 Å². The molecule has 6 heteroatoms. The number of hydrogen-bond acceptors (Lipinski definition) is 3. The number of unbranched alkanes of at least 4 members (excludes halogenated alkanes) is 2. The molecule has 64 valence electrons. The molecule has 0 aliphatic carbocycles. The molecule has 0 saturated carbocycles. The molecule has 0 atom stereocenters. The van der Waals surface area contributed by atoms with Gasteiger partial charge in [0.2, 0.25) is 0 Å². The molecule has 0 amide bonds. The molecule has 0 aliphatic heterocycles. The SMILES string of the molecule is CCCCCOS(=O)(=O)O.[H-].[K+]. The van der Waals surface area contributed by atoms with Crippen molar-refractivity contribution in [1.82, 2.24) is 0 Å². The van der Waals surface area contributed by atoms with Crippen LogP contribution in [0.1, 0.15) is 27.6 Å². The molecule has 0 aliphatic rings. The Kier molecular flexibility index (Phi) is 11.1. The van der Waals surface area contributed by atoms with Gasteiger partial charge in [-0.2, -0.15) is 8.42 Å². The maximum atomic E-state index is 9.93. The summed E-state index contributed by atoms with van der Waals surface area (Å²) in [5.74, 6) is 0. The fourth-order valence-corrected chi connectivity index (χ4v) is 0.845. The van der Waals surface area contributed by atoms with E-state index in [0.717, 1.165) is 12.8 Å². The molecule has 1 N–H and O–H groups in total. The summed E-state index contributed by atoms with van der Waals surface area (Å²) in [4.78, 5) is 0. The van der Waals surface area contributed by atoms with Gasteiger partial charge in [0, 0.05) is 0 Å². The van der Waals surface area contributed by atoms with Gasteiger partial charge in [0.25, 0.3) is 0 Å². The quantitative estimate of drug-likeness (QED) is 0.326. The van der Waals surface area contributed by atoms with E-state index in [-0.39, 0.29) is 59.4 Å². The largest absolute Gasteiger partial charge is 1.00 e. The summed E-state index contributed by atoms with van der Waals surface area (Å²) in [6, 6.07) is 0. The van der Waals surface area contributed by atoms with Crippen LogP contribution in [0.3, 0.4) is 0 Å². The standard InChI is InChI=1S/C5H12O4S.K.H/c1-2-3-4-5-9-10(6,7)8;;/h2-5H2,1H3,(H,6,7,8);;/q;+1;-1. The Hall–Kier alpha value is 1.51. The zero-order valence-electron chi connectivity index (χ0n) is 7.91. The van der Waals surface area contributed by atoms with Crippen LogP contribution < -0.4 is 51.4 Å². The molecule has 11 heavy (non-hydrogen) atoms. The van der Waals surface area contributed by atoms with E-state index < -0.39 is 10.4 Å². The number of rotatable bonds is 5. The van der Waals surface area contributed by atoms with Crippen molar-refractivity contribution in [2.24, 2.45) is 0 Å². The first-order chi connectivity index (χ1) is 4.56. The molecule has 0 aromatic carbocycles. The first kappa shape index (κ1) is 15.0. The fourth-order valence-electron chi connectivity index (χ4n) is 0.516. The van der Waals surface area contributed by atoms with E-state index in [4.69, 9.17) is 4.55 Å². The van der Waals surface area contributed by atoms with Crippen molar-refractivity contribution < 1.29 is 70.0 Å². The van der Waals surface area contributed by atoms with Crippen molar-refractivity contribution in [1.29, 1.82) is 0 Å². The minimum Gasteiger partial charge on any atom is -1.00 e. The first-order valence-corrected chi connectivity index (χ1v) is 4.54. The summed E-state index contributed by atoms with van der Waals surface area (Å²) in [5.41, 5.74) is 0. The molecule has 0 fully saturated rings. The molecule has 0 aromatic rings. The zero-order chi connectivity index (χ0) is 8.04. The Balaban J connectivity index is -0.000000405. The molecule has 0 saturated heterocycles. The molecule has 0 heterocycles. The molecule has 0 aromatic heterocycles. The Bertz CT molecular complexity index is 170. The van der Waals surface area contributed by atoms with Gasteiger partial charge >= 0.3 is 61.8 Å². The third-order valence-electron chi connectivity index (χ3n) is 0.980. The molecular weight excluding hydrogens is 195 g/mol. The van der Waals surface area contributed by atoms with E-state index in [1.807, 2.05) is 6.92 Å². The van der Waals surface area contributed by atoms with Gasteiger partial charge in [0.1, 0.15) is 0 Å². The predicted octanol–water partition coefficient (Wildman–Crippen LogP) is -1.89. The normalized spacial score (nSPS) is 10.7. The van der Waals surface area contributed by atoms with Crippen molar-refractivity contribution in [2.45, 2.75) is 26.2 Å². The Morgan fingerprint density at radius 3 is 2.36 bits per heavy atom. The van der Waals surface area contributed by atoms with Gasteiger partial charge in [0.05, 0.1) is 6.61 Å². The fraction of sp³-hybridized carbons (Fsp3) is 1.00. The van der Waals surface area contributed by atoms with Crippen LogP contribution in [0.2, 0.25) is 0 Å². The van der Waals surface area contributed by atoms with Crippen LogP contribution in [0.4, 0.5) is 0 Å². The smallest absolute Gasteiger partial charge is 1.00 e. The second kappa shape index (κ2) is 8.12. The van der Waals surface area contributed by atoms with Gasteiger partial charge in [0.15, 0.2) is 0 Å². The van der Waals surface area contributed by atoms with E-state index in [2.05, 4.69) is 4.18 Å². The predicted molar refractivity (Wildman–Crippen MR) is 38.1 cm³/mol. The van der Waals surface area contributed by atoms with Crippen molar-refractivity contribution >= 4 is 10.4 Å². The maximum Gasteiger partial charge on any atom is 1.00 e. The van der Waals surface area contributed by atoms with E-state index in [9.17, 15) is 8.42 Å². The number of hydrogen-bond donors (Lipinski definition) is 1. The van der Waals surface area contributed by atoms with Crippen LogP contribution in [-0.4, -0.2) is 19.6 Å². The van der Waals surface area contributed by atoms with Crippen LogP contribution in [0.15, 0.2) is 0 Å². The Labute approximate surface area is 112 Å². The molecule has 0 bridgehead atoms. The van der Waals surface area contributed by atoms with E-state index in [1.54, 1.807) is 0 Å². The molecule has 4 nitrogen and oxygen atoms in total. The first-order valence-electron chi connectivity index (χ1n) is 3.18. The minimum absolute atomic E-state index is 0. The van der Waals surface area contributed by atoms with Crippen molar-refractivity contribution in [3.8, 4) is 0 Å². The molecule has 0 unspecified atom stereocenters. The van der Waals surface area contributed by atoms with Crippen LogP contribution in [0, 0.1) is 0 Å². The molecule has 0 radical (unpaired) electrons. The van der Waals surface area contributed by atoms with Crippen LogP contribution >= 0.6 is 0 Å². The average Bonchev–Trinajstić information content (AvgIpc) is 1.78. The maximum absolute atomic E-state index is 9.93. The second-order valence-corrected chi connectivity index (χ2v) is 3.05. The summed E-state index contributed by atoms with van der Waals surface area (Å²) < 4.78 is 32.0. The summed E-state index contributed by atoms with van der Waals surface area (Å²) >= 11 is 0. The third kappa shape index (κ3) is 14.4. The average molecular weight is 208 g/mol. The van der Waals surface area contributed by atoms with Gasteiger partial charge in [-0.1, -0.05) is 19.8 Å². The zero-order valence-corrected chi connectivity index (χ0v) is 10.8. The van der Waals surface area contributed by atoms with E-state index in [1.165, 1.54) is 0 Å². The monoisotopic (exact) mass is 208 g/mol. The van der Waals surface area contributed by atoms with Crippen molar-refractivity contribution in [3.63, 3.8) is 0 Å². The molecule has 0 rings (SSSR count). The minimum atomic E-state index is -4.20. The third-order valence-corrected chi connectivity index (χ3v) is 1.44. The summed E-state index contributed by atoms with van der Waals surface area (Å²) in [6.07, 6.45) is 2.57. The van der Waals surface area contributed by atoms with Crippen LogP contribution in [0.25, 0.3) is 0 Å². The van der Waals surface area contributed by atoms with Crippen LogP contribution in [-0.2, 0) is 14.6 Å². The Morgan fingerprint density at radius 1 is 1.45 bits per heavy atom. The van der Waals surface area contributed by atoms with Crippen molar-refractivity contribution in [2.75, 3.05) is 6.61 Å². The van der Waals surface area contributed by atoms with Crippen LogP contribution in [0.5, 0.6) is 0 Å². The summed E-state index contributed by atoms with van der Waals surface area (Å²) in [6.45, 7) is 2.07. The van der Waals surface area contributed by atoms with E-state index >= 15 is 0 Å². The van der Waals surface area contributed by atoms with Gasteiger partial charge in [-0.05, 0) is 6.42 Å². The second-order valence-electron chi connectivity index (χ2n) is 1.96. The van der Waals surface area contributed by atoms with Gasteiger partial charge < -0.3 is 1.43 Å². The summed E-state index contributed by atoms with van der Waals surface area (Å²) in [5, 5.41) is 0. The Morgan fingerprint density at radius 2 is 2.00 bits per heavy atom. The molecule has 0 spiro atoms.